The standard InChI is InChI=1S/C20H26N4O/c1-15-14-22(2)11-12-24(15)20(25)17-13-21-18-8-4-3-7-16(18)19(17)23-9-5-6-10-23/h3-4,7-8,13,15H,5-6,9-12,14H2,1-2H3/t15-/m1/s1. The first-order valence-corrected chi connectivity index (χ1v) is 9.27. The van der Waals surface area contributed by atoms with E-state index in [0.29, 0.717) is 0 Å². The van der Waals surface area contributed by atoms with Gasteiger partial charge in [0.2, 0.25) is 0 Å². The van der Waals surface area contributed by atoms with Gasteiger partial charge in [-0.15, -0.1) is 0 Å². The van der Waals surface area contributed by atoms with Crippen LogP contribution in [0.5, 0.6) is 0 Å². The lowest BCUT2D eigenvalue weighted by Crippen LogP contribution is -2.52. The lowest BCUT2D eigenvalue weighted by atomic mass is 10.1. The van der Waals surface area contributed by atoms with Gasteiger partial charge >= 0.3 is 0 Å². The fourth-order valence-corrected chi connectivity index (χ4v) is 4.16. The van der Waals surface area contributed by atoms with E-state index in [9.17, 15) is 4.79 Å². The van der Waals surface area contributed by atoms with Crippen LogP contribution in [0.1, 0.15) is 30.1 Å². The van der Waals surface area contributed by atoms with Crippen LogP contribution in [0.2, 0.25) is 0 Å². The third-order valence-corrected chi connectivity index (χ3v) is 5.49. The molecule has 2 aromatic rings. The van der Waals surface area contributed by atoms with Gasteiger partial charge in [-0.05, 0) is 32.9 Å². The van der Waals surface area contributed by atoms with E-state index < -0.39 is 0 Å². The molecule has 0 spiro atoms. The minimum absolute atomic E-state index is 0.126. The summed E-state index contributed by atoms with van der Waals surface area (Å²) in [5, 5.41) is 1.09. The summed E-state index contributed by atoms with van der Waals surface area (Å²) in [5.74, 6) is 0.126. The Morgan fingerprint density at radius 2 is 1.88 bits per heavy atom. The summed E-state index contributed by atoms with van der Waals surface area (Å²) in [4.78, 5) is 24.6. The molecule has 2 fully saturated rings. The van der Waals surface area contributed by atoms with E-state index in [0.717, 1.165) is 54.9 Å². The van der Waals surface area contributed by atoms with E-state index in [2.05, 4.69) is 34.8 Å². The van der Waals surface area contributed by atoms with Crippen molar-refractivity contribution in [2.45, 2.75) is 25.8 Å². The summed E-state index contributed by atoms with van der Waals surface area (Å²) >= 11 is 0. The number of para-hydroxylation sites is 1. The van der Waals surface area contributed by atoms with Gasteiger partial charge in [-0.25, -0.2) is 0 Å². The van der Waals surface area contributed by atoms with Gasteiger partial charge in [0.25, 0.3) is 5.91 Å². The quantitative estimate of drug-likeness (QED) is 0.844. The second-order valence-corrected chi connectivity index (χ2v) is 7.34. The zero-order valence-electron chi connectivity index (χ0n) is 15.1. The van der Waals surface area contributed by atoms with Crippen molar-refractivity contribution < 1.29 is 4.79 Å². The summed E-state index contributed by atoms with van der Waals surface area (Å²) in [6, 6.07) is 8.40. The highest BCUT2D eigenvalue weighted by molar-refractivity contribution is 6.07. The number of likely N-dealkylation sites (N-methyl/N-ethyl adjacent to an activating group) is 1. The van der Waals surface area contributed by atoms with Crippen molar-refractivity contribution in [3.05, 3.63) is 36.0 Å². The molecule has 1 aromatic heterocycles. The normalized spacial score (nSPS) is 21.9. The molecule has 0 aliphatic carbocycles. The third kappa shape index (κ3) is 2.97. The molecule has 0 radical (unpaired) electrons. The Balaban J connectivity index is 1.78. The van der Waals surface area contributed by atoms with Gasteiger partial charge in [0.15, 0.2) is 0 Å². The number of hydrogen-bond donors (Lipinski definition) is 0. The van der Waals surface area contributed by atoms with Crippen molar-refractivity contribution in [2.24, 2.45) is 0 Å². The summed E-state index contributed by atoms with van der Waals surface area (Å²) in [7, 11) is 2.12. The van der Waals surface area contributed by atoms with E-state index in [4.69, 9.17) is 0 Å². The fraction of sp³-hybridized carbons (Fsp3) is 0.500. The number of aromatic nitrogens is 1. The summed E-state index contributed by atoms with van der Waals surface area (Å²) in [5.41, 5.74) is 2.81. The number of anilines is 1. The lowest BCUT2D eigenvalue weighted by molar-refractivity contribution is 0.0534. The van der Waals surface area contributed by atoms with E-state index >= 15 is 0 Å². The molecule has 4 rings (SSSR count). The van der Waals surface area contributed by atoms with Crippen LogP contribution in [0, 0.1) is 0 Å². The van der Waals surface area contributed by atoms with Gasteiger partial charge in [-0.1, -0.05) is 18.2 Å². The molecule has 0 bridgehead atoms. The van der Waals surface area contributed by atoms with Gasteiger partial charge in [0.05, 0.1) is 16.8 Å². The Kier molecular flexibility index (Phi) is 4.34. The summed E-state index contributed by atoms with van der Waals surface area (Å²) in [6.07, 6.45) is 4.17. The van der Waals surface area contributed by atoms with Crippen molar-refractivity contribution in [3.63, 3.8) is 0 Å². The number of carbonyl (C=O) groups excluding carboxylic acids is 1. The predicted molar refractivity (Wildman–Crippen MR) is 101 cm³/mol. The molecule has 2 saturated heterocycles. The monoisotopic (exact) mass is 338 g/mol. The molecule has 5 heteroatoms. The van der Waals surface area contributed by atoms with Crippen LogP contribution in [0.3, 0.4) is 0 Å². The van der Waals surface area contributed by atoms with Crippen molar-refractivity contribution in [1.82, 2.24) is 14.8 Å². The Bertz CT molecular complexity index is 784. The van der Waals surface area contributed by atoms with Crippen molar-refractivity contribution in [3.8, 4) is 0 Å². The highest BCUT2D eigenvalue weighted by Gasteiger charge is 2.30. The molecule has 0 saturated carbocycles. The number of fused-ring (bicyclic) bond motifs is 1. The number of nitrogens with zero attached hydrogens (tertiary/aromatic N) is 4. The minimum Gasteiger partial charge on any atom is -0.370 e. The number of pyridine rings is 1. The number of benzene rings is 1. The van der Waals surface area contributed by atoms with Gasteiger partial charge in [0, 0.05) is 50.3 Å². The summed E-state index contributed by atoms with van der Waals surface area (Å²) in [6.45, 7) is 6.81. The fourth-order valence-electron chi connectivity index (χ4n) is 4.16. The number of amides is 1. The van der Waals surface area contributed by atoms with E-state index in [-0.39, 0.29) is 11.9 Å². The number of piperazine rings is 1. The first-order chi connectivity index (χ1) is 12.1. The Morgan fingerprint density at radius 1 is 1.12 bits per heavy atom. The SMILES string of the molecule is C[C@@H]1CN(C)CCN1C(=O)c1cnc2ccccc2c1N1CCCC1. The number of carbonyl (C=O) groups is 1. The van der Waals surface area contributed by atoms with Crippen molar-refractivity contribution in [2.75, 3.05) is 44.7 Å². The van der Waals surface area contributed by atoms with Crippen LogP contribution >= 0.6 is 0 Å². The average Bonchev–Trinajstić information content (AvgIpc) is 3.14. The van der Waals surface area contributed by atoms with Crippen LogP contribution in [0.4, 0.5) is 5.69 Å². The van der Waals surface area contributed by atoms with Crippen LogP contribution < -0.4 is 4.90 Å². The maximum Gasteiger partial charge on any atom is 0.257 e. The number of hydrogen-bond acceptors (Lipinski definition) is 4. The highest BCUT2D eigenvalue weighted by atomic mass is 16.2. The van der Waals surface area contributed by atoms with Crippen LogP contribution in [-0.2, 0) is 0 Å². The molecular formula is C20H26N4O. The molecule has 2 aliphatic rings. The Hall–Kier alpha value is -2.14. The molecule has 1 atom stereocenters. The number of rotatable bonds is 2. The Morgan fingerprint density at radius 3 is 2.64 bits per heavy atom. The lowest BCUT2D eigenvalue weighted by Gasteiger charge is -2.38. The first-order valence-electron chi connectivity index (χ1n) is 9.27. The molecule has 1 aromatic carbocycles. The van der Waals surface area contributed by atoms with Crippen LogP contribution in [0.25, 0.3) is 10.9 Å². The molecule has 5 nitrogen and oxygen atoms in total. The molecule has 1 amide bonds. The summed E-state index contributed by atoms with van der Waals surface area (Å²) < 4.78 is 0. The molecule has 25 heavy (non-hydrogen) atoms. The largest absolute Gasteiger partial charge is 0.370 e. The molecular weight excluding hydrogens is 312 g/mol. The third-order valence-electron chi connectivity index (χ3n) is 5.49. The minimum atomic E-state index is 0.126. The van der Waals surface area contributed by atoms with Gasteiger partial charge < -0.3 is 14.7 Å². The zero-order valence-corrected chi connectivity index (χ0v) is 15.1. The smallest absolute Gasteiger partial charge is 0.257 e. The molecule has 2 aliphatic heterocycles. The van der Waals surface area contributed by atoms with E-state index in [1.807, 2.05) is 23.1 Å². The van der Waals surface area contributed by atoms with Crippen molar-refractivity contribution >= 4 is 22.5 Å². The molecule has 0 unspecified atom stereocenters. The molecule has 0 N–H and O–H groups in total. The van der Waals surface area contributed by atoms with Gasteiger partial charge in [0.1, 0.15) is 0 Å². The maximum absolute atomic E-state index is 13.4. The van der Waals surface area contributed by atoms with Gasteiger partial charge in [-0.3, -0.25) is 9.78 Å². The highest BCUT2D eigenvalue weighted by Crippen LogP contribution is 2.33. The second-order valence-electron chi connectivity index (χ2n) is 7.34. The predicted octanol–water partition coefficient (Wildman–Crippen LogP) is 2.61. The average molecular weight is 338 g/mol. The van der Waals surface area contributed by atoms with Crippen LogP contribution in [-0.4, -0.2) is 66.5 Å². The topological polar surface area (TPSA) is 39.7 Å². The first kappa shape index (κ1) is 16.3. The Labute approximate surface area is 149 Å². The van der Waals surface area contributed by atoms with E-state index in [1.165, 1.54) is 12.8 Å². The maximum atomic E-state index is 13.4. The van der Waals surface area contributed by atoms with Crippen molar-refractivity contribution in [1.29, 1.82) is 0 Å². The zero-order chi connectivity index (χ0) is 17.4. The second kappa shape index (κ2) is 6.64. The molecule has 132 valence electrons. The van der Waals surface area contributed by atoms with E-state index in [1.54, 1.807) is 6.20 Å². The van der Waals surface area contributed by atoms with Crippen LogP contribution in [0.15, 0.2) is 30.5 Å². The van der Waals surface area contributed by atoms with Gasteiger partial charge in [-0.2, -0.15) is 0 Å². The molecule has 3 heterocycles.